The molecule has 0 unspecified atom stereocenters. The maximum atomic E-state index is 12.6. The predicted octanol–water partition coefficient (Wildman–Crippen LogP) is 1.63. The molecule has 0 fully saturated rings. The van der Waals surface area contributed by atoms with Crippen molar-refractivity contribution in [2.75, 3.05) is 0 Å². The summed E-state index contributed by atoms with van der Waals surface area (Å²) in [6, 6.07) is 0.849. The number of alkyl halides is 2. The van der Waals surface area contributed by atoms with Gasteiger partial charge in [-0.25, -0.2) is 4.98 Å². The highest BCUT2D eigenvalue weighted by Crippen LogP contribution is 2.17. The van der Waals surface area contributed by atoms with Crippen LogP contribution in [0.1, 0.15) is 10.4 Å². The summed E-state index contributed by atoms with van der Waals surface area (Å²) in [7, 11) is 0. The van der Waals surface area contributed by atoms with Crippen LogP contribution in [0.15, 0.2) is 12.3 Å². The van der Waals surface area contributed by atoms with Gasteiger partial charge in [0.15, 0.2) is 12.0 Å². The summed E-state index contributed by atoms with van der Waals surface area (Å²) in [5.74, 6) is -1.91. The molecule has 6 heteroatoms. The number of aldehydes is 1. The topological polar surface area (TPSA) is 39.2 Å². The first kappa shape index (κ1) is 9.50. The molecule has 0 saturated heterocycles. The summed E-state index contributed by atoms with van der Waals surface area (Å²) in [4.78, 5) is 13.2. The Labute approximate surface area is 71.2 Å². The van der Waals surface area contributed by atoms with Gasteiger partial charge < -0.3 is 4.74 Å². The fraction of sp³-hybridized carbons (Fsp3) is 0.143. The minimum absolute atomic E-state index is 0.0305. The molecular weight excluding hydrogens is 187 g/mol. The number of pyridine rings is 1. The summed E-state index contributed by atoms with van der Waals surface area (Å²) in [5.41, 5.74) is -0.0305. The zero-order chi connectivity index (χ0) is 9.84. The molecular formula is C7H4F3NO2. The van der Waals surface area contributed by atoms with E-state index in [0.29, 0.717) is 6.29 Å². The number of ether oxygens (including phenoxy) is 1. The number of hydrogen-bond acceptors (Lipinski definition) is 3. The fourth-order valence-corrected chi connectivity index (χ4v) is 0.686. The van der Waals surface area contributed by atoms with Crippen LogP contribution in [0.3, 0.4) is 0 Å². The SMILES string of the molecule is O=Cc1cnc(F)c(OC(F)F)c1. The number of carbonyl (C=O) groups excluding carboxylic acids is 1. The van der Waals surface area contributed by atoms with Crippen molar-refractivity contribution in [1.82, 2.24) is 4.98 Å². The number of hydrogen-bond donors (Lipinski definition) is 0. The maximum Gasteiger partial charge on any atom is 0.387 e. The van der Waals surface area contributed by atoms with Crippen molar-refractivity contribution in [1.29, 1.82) is 0 Å². The fourth-order valence-electron chi connectivity index (χ4n) is 0.686. The van der Waals surface area contributed by atoms with E-state index in [1.165, 1.54) is 0 Å². The molecule has 0 spiro atoms. The van der Waals surface area contributed by atoms with Gasteiger partial charge in [0.2, 0.25) is 0 Å². The van der Waals surface area contributed by atoms with Gasteiger partial charge in [0.25, 0.3) is 5.95 Å². The predicted molar refractivity (Wildman–Crippen MR) is 36.2 cm³/mol. The van der Waals surface area contributed by atoms with Crippen LogP contribution in [0.4, 0.5) is 13.2 Å². The van der Waals surface area contributed by atoms with E-state index in [-0.39, 0.29) is 5.56 Å². The average molecular weight is 191 g/mol. The Morgan fingerprint density at radius 1 is 1.54 bits per heavy atom. The van der Waals surface area contributed by atoms with Gasteiger partial charge in [0.05, 0.1) is 0 Å². The highest BCUT2D eigenvalue weighted by molar-refractivity contribution is 5.74. The molecule has 0 aliphatic rings. The van der Waals surface area contributed by atoms with Gasteiger partial charge in [-0.1, -0.05) is 0 Å². The van der Waals surface area contributed by atoms with Crippen LogP contribution >= 0.6 is 0 Å². The quantitative estimate of drug-likeness (QED) is 0.538. The largest absolute Gasteiger partial charge is 0.430 e. The van der Waals surface area contributed by atoms with E-state index < -0.39 is 18.3 Å². The Bertz CT molecular complexity index is 317. The molecule has 1 heterocycles. The van der Waals surface area contributed by atoms with Crippen molar-refractivity contribution in [2.45, 2.75) is 6.61 Å². The lowest BCUT2D eigenvalue weighted by molar-refractivity contribution is -0.0527. The lowest BCUT2D eigenvalue weighted by atomic mass is 10.3. The van der Waals surface area contributed by atoms with Gasteiger partial charge in [-0.05, 0) is 6.07 Å². The Kier molecular flexibility index (Phi) is 2.84. The second-order valence-electron chi connectivity index (χ2n) is 2.05. The lowest BCUT2D eigenvalue weighted by Gasteiger charge is -2.04. The van der Waals surface area contributed by atoms with Crippen LogP contribution in [0.25, 0.3) is 0 Å². The smallest absolute Gasteiger partial charge is 0.387 e. The number of aromatic nitrogens is 1. The summed E-state index contributed by atoms with van der Waals surface area (Å²) < 4.78 is 39.6. The van der Waals surface area contributed by atoms with E-state index in [9.17, 15) is 18.0 Å². The molecule has 0 aliphatic heterocycles. The lowest BCUT2D eigenvalue weighted by Crippen LogP contribution is -2.05. The molecule has 0 radical (unpaired) electrons. The molecule has 70 valence electrons. The summed E-state index contributed by atoms with van der Waals surface area (Å²) in [6.45, 7) is -3.14. The molecule has 1 aromatic rings. The van der Waals surface area contributed by atoms with Crippen molar-refractivity contribution in [3.05, 3.63) is 23.8 Å². The van der Waals surface area contributed by atoms with Crippen LogP contribution < -0.4 is 4.74 Å². The van der Waals surface area contributed by atoms with Crippen molar-refractivity contribution >= 4 is 6.29 Å². The average Bonchev–Trinajstić information content (AvgIpc) is 2.08. The van der Waals surface area contributed by atoms with E-state index in [0.717, 1.165) is 12.3 Å². The Morgan fingerprint density at radius 2 is 2.23 bits per heavy atom. The summed E-state index contributed by atoms with van der Waals surface area (Å²) in [6.07, 6.45) is 1.27. The molecule has 1 rings (SSSR count). The van der Waals surface area contributed by atoms with E-state index in [4.69, 9.17) is 0 Å². The summed E-state index contributed by atoms with van der Waals surface area (Å²) in [5, 5.41) is 0. The first-order chi connectivity index (χ1) is 6.13. The van der Waals surface area contributed by atoms with Crippen LogP contribution in [0.5, 0.6) is 5.75 Å². The molecule has 0 amide bonds. The first-order valence-corrected chi connectivity index (χ1v) is 3.19. The maximum absolute atomic E-state index is 12.6. The molecule has 1 aromatic heterocycles. The number of carbonyl (C=O) groups is 1. The van der Waals surface area contributed by atoms with Crippen LogP contribution in [-0.4, -0.2) is 17.9 Å². The Balaban J connectivity index is 2.96. The van der Waals surface area contributed by atoms with E-state index >= 15 is 0 Å². The number of nitrogens with zero attached hydrogens (tertiary/aromatic N) is 1. The standard InChI is InChI=1S/C7H4F3NO2/c8-6-5(13-7(9)10)1-4(3-12)2-11-6/h1-3,7H. The van der Waals surface area contributed by atoms with Crippen molar-refractivity contribution < 1.29 is 22.7 Å². The monoisotopic (exact) mass is 191 g/mol. The first-order valence-electron chi connectivity index (χ1n) is 3.19. The van der Waals surface area contributed by atoms with Gasteiger partial charge in [0.1, 0.15) is 0 Å². The minimum atomic E-state index is -3.14. The molecule has 13 heavy (non-hydrogen) atoms. The second-order valence-corrected chi connectivity index (χ2v) is 2.05. The third-order valence-corrected chi connectivity index (χ3v) is 1.18. The number of halogens is 3. The molecule has 0 atom stereocenters. The Hall–Kier alpha value is -1.59. The van der Waals surface area contributed by atoms with Crippen molar-refractivity contribution in [3.8, 4) is 5.75 Å². The molecule has 3 nitrogen and oxygen atoms in total. The third kappa shape index (κ3) is 2.43. The van der Waals surface area contributed by atoms with E-state index in [2.05, 4.69) is 9.72 Å². The van der Waals surface area contributed by atoms with E-state index in [1.54, 1.807) is 0 Å². The zero-order valence-electron chi connectivity index (χ0n) is 6.21. The van der Waals surface area contributed by atoms with Crippen LogP contribution in [-0.2, 0) is 0 Å². The summed E-state index contributed by atoms with van der Waals surface area (Å²) >= 11 is 0. The van der Waals surface area contributed by atoms with Gasteiger partial charge in [-0.2, -0.15) is 13.2 Å². The molecule has 0 aromatic carbocycles. The number of rotatable bonds is 3. The normalized spacial score (nSPS) is 10.2. The van der Waals surface area contributed by atoms with E-state index in [1.807, 2.05) is 0 Å². The van der Waals surface area contributed by atoms with Crippen LogP contribution in [0, 0.1) is 5.95 Å². The van der Waals surface area contributed by atoms with Gasteiger partial charge >= 0.3 is 6.61 Å². The van der Waals surface area contributed by atoms with Crippen molar-refractivity contribution in [2.24, 2.45) is 0 Å². The van der Waals surface area contributed by atoms with Gasteiger partial charge in [-0.15, -0.1) is 0 Å². The highest BCUT2D eigenvalue weighted by atomic mass is 19.3. The molecule has 0 N–H and O–H groups in total. The Morgan fingerprint density at radius 3 is 2.77 bits per heavy atom. The third-order valence-electron chi connectivity index (χ3n) is 1.18. The molecule has 0 bridgehead atoms. The second kappa shape index (κ2) is 3.88. The van der Waals surface area contributed by atoms with Gasteiger partial charge in [-0.3, -0.25) is 4.79 Å². The van der Waals surface area contributed by atoms with Crippen molar-refractivity contribution in [3.63, 3.8) is 0 Å². The van der Waals surface area contributed by atoms with Crippen LogP contribution in [0.2, 0.25) is 0 Å². The zero-order valence-corrected chi connectivity index (χ0v) is 6.21. The minimum Gasteiger partial charge on any atom is -0.430 e. The molecule has 0 saturated carbocycles. The van der Waals surface area contributed by atoms with Gasteiger partial charge in [0, 0.05) is 11.8 Å². The molecule has 0 aliphatic carbocycles. The highest BCUT2D eigenvalue weighted by Gasteiger charge is 2.11.